The molecule has 0 fully saturated rings. The van der Waals surface area contributed by atoms with E-state index >= 15 is 0 Å². The number of hydrogen-bond acceptors (Lipinski definition) is 4. The van der Waals surface area contributed by atoms with E-state index in [0.29, 0.717) is 0 Å². The van der Waals surface area contributed by atoms with Crippen LogP contribution >= 0.6 is 15.9 Å². The molecule has 0 spiro atoms. The van der Waals surface area contributed by atoms with E-state index in [2.05, 4.69) is 15.9 Å². The molecule has 92 valence electrons. The van der Waals surface area contributed by atoms with Gasteiger partial charge >= 0.3 is 11.9 Å². The van der Waals surface area contributed by atoms with E-state index in [1.54, 1.807) is 12.1 Å². The van der Waals surface area contributed by atoms with Gasteiger partial charge in [0.1, 0.15) is 6.61 Å². The minimum atomic E-state index is -0.565. The summed E-state index contributed by atoms with van der Waals surface area (Å²) in [4.78, 5) is 21.7. The Morgan fingerprint density at radius 2 is 1.76 bits per heavy atom. The summed E-state index contributed by atoms with van der Waals surface area (Å²) in [5, 5.41) is 0. The highest BCUT2D eigenvalue weighted by atomic mass is 79.9. The maximum Gasteiger partial charge on any atom is 0.303 e. The van der Waals surface area contributed by atoms with Gasteiger partial charge in [0, 0.05) is 18.3 Å². The van der Waals surface area contributed by atoms with Crippen molar-refractivity contribution < 1.29 is 19.1 Å². The van der Waals surface area contributed by atoms with E-state index in [4.69, 9.17) is 9.47 Å². The summed E-state index contributed by atoms with van der Waals surface area (Å²) >= 11 is 3.31. The van der Waals surface area contributed by atoms with Gasteiger partial charge in [0.15, 0.2) is 6.10 Å². The first-order chi connectivity index (χ1) is 7.99. The topological polar surface area (TPSA) is 52.6 Å². The van der Waals surface area contributed by atoms with E-state index in [1.807, 2.05) is 12.1 Å². The van der Waals surface area contributed by atoms with Gasteiger partial charge in [-0.25, -0.2) is 0 Å². The van der Waals surface area contributed by atoms with Gasteiger partial charge in [0.05, 0.1) is 0 Å². The number of rotatable bonds is 4. The molecule has 1 atom stereocenters. The molecule has 0 N–H and O–H groups in total. The molecule has 0 saturated heterocycles. The highest BCUT2D eigenvalue weighted by Gasteiger charge is 2.16. The molecular weight excluding hydrogens is 288 g/mol. The molecule has 0 saturated carbocycles. The number of ether oxygens (including phenoxy) is 2. The van der Waals surface area contributed by atoms with Crippen molar-refractivity contribution in [1.29, 1.82) is 0 Å². The molecule has 0 aromatic heterocycles. The molecule has 1 rings (SSSR count). The Balaban J connectivity index is 2.77. The van der Waals surface area contributed by atoms with Crippen LogP contribution in [0.1, 0.15) is 25.5 Å². The normalized spacial score (nSPS) is 11.7. The van der Waals surface area contributed by atoms with Gasteiger partial charge < -0.3 is 9.47 Å². The van der Waals surface area contributed by atoms with Crippen LogP contribution in [0.5, 0.6) is 0 Å². The summed E-state index contributed by atoms with van der Waals surface area (Å²) in [6.07, 6.45) is -0.565. The second-order valence-electron chi connectivity index (χ2n) is 3.45. The zero-order chi connectivity index (χ0) is 12.8. The standard InChI is InChI=1S/C12H13BrO4/c1-8(14)16-7-12(17-9(2)15)10-3-5-11(13)6-4-10/h3-6,12H,7H2,1-2H3. The lowest BCUT2D eigenvalue weighted by Gasteiger charge is -2.17. The van der Waals surface area contributed by atoms with Crippen molar-refractivity contribution in [1.82, 2.24) is 0 Å². The third-order valence-corrected chi connectivity index (χ3v) is 2.52. The van der Waals surface area contributed by atoms with E-state index < -0.39 is 18.0 Å². The van der Waals surface area contributed by atoms with Crippen LogP contribution in [0.4, 0.5) is 0 Å². The zero-order valence-corrected chi connectivity index (χ0v) is 11.2. The van der Waals surface area contributed by atoms with Crippen LogP contribution in [0.3, 0.4) is 0 Å². The fraction of sp³-hybridized carbons (Fsp3) is 0.333. The van der Waals surface area contributed by atoms with Gasteiger partial charge in [0.25, 0.3) is 0 Å². The van der Waals surface area contributed by atoms with Crippen molar-refractivity contribution in [3.8, 4) is 0 Å². The number of halogens is 1. The summed E-state index contributed by atoms with van der Waals surface area (Å²) in [7, 11) is 0. The molecule has 17 heavy (non-hydrogen) atoms. The van der Waals surface area contributed by atoms with Crippen LogP contribution in [-0.4, -0.2) is 18.5 Å². The average molecular weight is 301 g/mol. The molecule has 0 aliphatic rings. The molecule has 0 aliphatic heterocycles. The molecule has 1 aromatic rings. The Labute approximate surface area is 108 Å². The average Bonchev–Trinajstić information content (AvgIpc) is 2.25. The summed E-state index contributed by atoms with van der Waals surface area (Å²) in [5.74, 6) is -0.815. The molecule has 5 heteroatoms. The maximum atomic E-state index is 11.0. The van der Waals surface area contributed by atoms with Gasteiger partial charge in [0.2, 0.25) is 0 Å². The van der Waals surface area contributed by atoms with Gasteiger partial charge in [-0.1, -0.05) is 28.1 Å². The van der Waals surface area contributed by atoms with Crippen LogP contribution in [0.2, 0.25) is 0 Å². The first-order valence-corrected chi connectivity index (χ1v) is 5.84. The molecule has 0 heterocycles. The van der Waals surface area contributed by atoms with E-state index in [1.165, 1.54) is 13.8 Å². The van der Waals surface area contributed by atoms with Crippen LogP contribution in [0, 0.1) is 0 Å². The monoisotopic (exact) mass is 300 g/mol. The van der Waals surface area contributed by atoms with E-state index in [9.17, 15) is 9.59 Å². The number of esters is 2. The van der Waals surface area contributed by atoms with Crippen LogP contribution in [0.25, 0.3) is 0 Å². The van der Waals surface area contributed by atoms with Crippen molar-refractivity contribution in [3.63, 3.8) is 0 Å². The van der Waals surface area contributed by atoms with Crippen molar-refractivity contribution in [2.45, 2.75) is 20.0 Å². The second-order valence-corrected chi connectivity index (χ2v) is 4.37. The first kappa shape index (κ1) is 13.7. The Morgan fingerprint density at radius 1 is 1.18 bits per heavy atom. The summed E-state index contributed by atoms with van der Waals surface area (Å²) in [6.45, 7) is 2.66. The summed E-state index contributed by atoms with van der Waals surface area (Å²) in [6, 6.07) is 7.28. The molecule has 1 aromatic carbocycles. The summed E-state index contributed by atoms with van der Waals surface area (Å²) < 4.78 is 10.9. The predicted octanol–water partition coefficient (Wildman–Crippen LogP) is 2.62. The molecule has 0 bridgehead atoms. The SMILES string of the molecule is CC(=O)OCC(OC(C)=O)c1ccc(Br)cc1. The molecule has 0 amide bonds. The Bertz CT molecular complexity index is 399. The van der Waals surface area contributed by atoms with Gasteiger partial charge in [-0.05, 0) is 17.7 Å². The second kappa shape index (κ2) is 6.39. The molecule has 4 nitrogen and oxygen atoms in total. The van der Waals surface area contributed by atoms with E-state index in [-0.39, 0.29) is 6.61 Å². The van der Waals surface area contributed by atoms with Crippen molar-refractivity contribution in [2.75, 3.05) is 6.61 Å². The Hall–Kier alpha value is -1.36. The predicted molar refractivity (Wildman–Crippen MR) is 65.3 cm³/mol. The lowest BCUT2D eigenvalue weighted by Crippen LogP contribution is -2.16. The highest BCUT2D eigenvalue weighted by molar-refractivity contribution is 9.10. The zero-order valence-electron chi connectivity index (χ0n) is 9.60. The van der Waals surface area contributed by atoms with Crippen LogP contribution in [0.15, 0.2) is 28.7 Å². The van der Waals surface area contributed by atoms with Crippen molar-refractivity contribution in [3.05, 3.63) is 34.3 Å². The number of carbonyl (C=O) groups is 2. The molecule has 1 unspecified atom stereocenters. The molecule has 0 radical (unpaired) electrons. The third kappa shape index (κ3) is 4.99. The highest BCUT2D eigenvalue weighted by Crippen LogP contribution is 2.20. The fourth-order valence-electron chi connectivity index (χ4n) is 1.27. The van der Waals surface area contributed by atoms with Gasteiger partial charge in [-0.3, -0.25) is 9.59 Å². The smallest absolute Gasteiger partial charge is 0.303 e. The maximum absolute atomic E-state index is 11.0. The van der Waals surface area contributed by atoms with Crippen LogP contribution < -0.4 is 0 Å². The fourth-order valence-corrected chi connectivity index (χ4v) is 1.53. The lowest BCUT2D eigenvalue weighted by atomic mass is 10.1. The van der Waals surface area contributed by atoms with Crippen molar-refractivity contribution >= 4 is 27.9 Å². The van der Waals surface area contributed by atoms with Gasteiger partial charge in [-0.15, -0.1) is 0 Å². The first-order valence-electron chi connectivity index (χ1n) is 5.05. The van der Waals surface area contributed by atoms with Crippen LogP contribution in [-0.2, 0) is 19.1 Å². The summed E-state index contributed by atoms with van der Waals surface area (Å²) in [5.41, 5.74) is 0.782. The number of carbonyl (C=O) groups excluding carboxylic acids is 2. The van der Waals surface area contributed by atoms with Gasteiger partial charge in [-0.2, -0.15) is 0 Å². The quantitative estimate of drug-likeness (QED) is 0.802. The number of hydrogen-bond donors (Lipinski definition) is 0. The number of benzene rings is 1. The minimum absolute atomic E-state index is 0.0244. The third-order valence-electron chi connectivity index (χ3n) is 1.99. The van der Waals surface area contributed by atoms with E-state index in [0.717, 1.165) is 10.0 Å². The molecular formula is C12H13BrO4. The lowest BCUT2D eigenvalue weighted by molar-refractivity contribution is -0.156. The Morgan fingerprint density at radius 3 is 2.24 bits per heavy atom. The minimum Gasteiger partial charge on any atom is -0.462 e. The van der Waals surface area contributed by atoms with Crippen molar-refractivity contribution in [2.24, 2.45) is 0 Å². The Kier molecular flexibility index (Phi) is 5.15. The molecule has 0 aliphatic carbocycles. The largest absolute Gasteiger partial charge is 0.462 e.